The van der Waals surface area contributed by atoms with Crippen molar-refractivity contribution >= 4 is 11.6 Å². The van der Waals surface area contributed by atoms with Crippen molar-refractivity contribution in [2.45, 2.75) is 46.2 Å². The first kappa shape index (κ1) is 23.5. The zero-order chi connectivity index (χ0) is 25.1. The highest BCUT2D eigenvalue weighted by atomic mass is 16.5. The first-order valence-electron chi connectivity index (χ1n) is 12.4. The van der Waals surface area contributed by atoms with Gasteiger partial charge in [-0.1, -0.05) is 97.9 Å². The van der Waals surface area contributed by atoms with Gasteiger partial charge in [0.05, 0.1) is 18.2 Å². The molecule has 6 nitrogen and oxygen atoms in total. The summed E-state index contributed by atoms with van der Waals surface area (Å²) in [6.07, 6.45) is 1.93. The third-order valence-electron chi connectivity index (χ3n) is 6.78. The summed E-state index contributed by atoms with van der Waals surface area (Å²) in [6.45, 7) is 6.66. The highest BCUT2D eigenvalue weighted by Gasteiger charge is 2.35. The van der Waals surface area contributed by atoms with Gasteiger partial charge >= 0.3 is 6.03 Å². The fourth-order valence-electron chi connectivity index (χ4n) is 4.54. The second kappa shape index (κ2) is 10.2. The van der Waals surface area contributed by atoms with E-state index < -0.39 is 6.04 Å². The summed E-state index contributed by atoms with van der Waals surface area (Å²) >= 11 is 0. The Morgan fingerprint density at radius 3 is 2.11 bits per heavy atom. The van der Waals surface area contributed by atoms with Gasteiger partial charge in [-0.15, -0.1) is 0 Å². The molecule has 0 aliphatic carbocycles. The predicted molar refractivity (Wildman–Crippen MR) is 141 cm³/mol. The minimum absolute atomic E-state index is 0.150. The van der Waals surface area contributed by atoms with E-state index in [4.69, 9.17) is 9.51 Å². The lowest BCUT2D eigenvalue weighted by molar-refractivity contribution is 0.203. The van der Waals surface area contributed by atoms with Gasteiger partial charge in [0.25, 0.3) is 5.89 Å². The predicted octanol–water partition coefficient (Wildman–Crippen LogP) is 6.56. The molecule has 4 aromatic rings. The van der Waals surface area contributed by atoms with E-state index in [1.807, 2.05) is 37.3 Å². The molecule has 2 heterocycles. The van der Waals surface area contributed by atoms with Crippen LogP contribution in [0, 0.1) is 0 Å². The summed E-state index contributed by atoms with van der Waals surface area (Å²) in [5, 5.41) is 7.44. The molecule has 0 radical (unpaired) electrons. The number of carbonyl (C=O) groups is 1. The molecule has 6 heteroatoms. The number of amides is 2. The molecular weight excluding hydrogens is 448 g/mol. The van der Waals surface area contributed by atoms with Crippen LogP contribution in [0.25, 0.3) is 17.0 Å². The summed E-state index contributed by atoms with van der Waals surface area (Å²) in [7, 11) is 0. The van der Waals surface area contributed by atoms with Gasteiger partial charge in [-0.3, -0.25) is 4.90 Å². The SMILES string of the molecule is CCc1ccc(CN2C(=O)NC(c3ccc(CC)cc3)C(c3nc(-c4ccccc4)no3)=C2C)cc1. The van der Waals surface area contributed by atoms with Gasteiger partial charge in [-0.2, -0.15) is 4.98 Å². The van der Waals surface area contributed by atoms with Crippen LogP contribution in [-0.4, -0.2) is 21.1 Å². The molecule has 0 fully saturated rings. The summed E-state index contributed by atoms with van der Waals surface area (Å²) in [5.41, 5.74) is 7.02. The average Bonchev–Trinajstić information content (AvgIpc) is 3.41. The van der Waals surface area contributed by atoms with Crippen LogP contribution in [0.2, 0.25) is 0 Å². The van der Waals surface area contributed by atoms with Crippen LogP contribution >= 0.6 is 0 Å². The normalized spacial score (nSPS) is 15.8. The maximum absolute atomic E-state index is 13.4. The molecule has 1 aliphatic rings. The first-order chi connectivity index (χ1) is 17.6. The Bertz CT molecular complexity index is 1370. The van der Waals surface area contributed by atoms with Gasteiger partial charge < -0.3 is 9.84 Å². The third-order valence-corrected chi connectivity index (χ3v) is 6.78. The zero-order valence-corrected chi connectivity index (χ0v) is 20.9. The van der Waals surface area contributed by atoms with Crippen LogP contribution in [0.5, 0.6) is 0 Å². The highest BCUT2D eigenvalue weighted by Crippen LogP contribution is 2.38. The van der Waals surface area contributed by atoms with E-state index in [1.165, 1.54) is 11.1 Å². The first-order valence-corrected chi connectivity index (χ1v) is 12.4. The van der Waals surface area contributed by atoms with Crippen LogP contribution in [0.3, 0.4) is 0 Å². The Kier molecular flexibility index (Phi) is 6.67. The summed E-state index contributed by atoms with van der Waals surface area (Å²) < 4.78 is 5.79. The van der Waals surface area contributed by atoms with Crippen molar-refractivity contribution in [1.29, 1.82) is 0 Å². The molecule has 0 saturated heterocycles. The molecule has 2 amide bonds. The molecular formula is C30H30N4O2. The van der Waals surface area contributed by atoms with Crippen LogP contribution < -0.4 is 5.32 Å². The van der Waals surface area contributed by atoms with E-state index in [2.05, 4.69) is 72.9 Å². The Hall–Kier alpha value is -4.19. The van der Waals surface area contributed by atoms with Crippen LogP contribution in [0.4, 0.5) is 4.79 Å². The van der Waals surface area contributed by atoms with E-state index in [9.17, 15) is 4.79 Å². The number of nitrogens with zero attached hydrogens (tertiary/aromatic N) is 3. The van der Waals surface area contributed by atoms with Gasteiger partial charge in [-0.05, 0) is 42.0 Å². The Labute approximate surface area is 211 Å². The molecule has 0 saturated carbocycles. The van der Waals surface area contributed by atoms with Gasteiger partial charge in [0, 0.05) is 11.3 Å². The fraction of sp³-hybridized carbons (Fsp3) is 0.233. The molecule has 36 heavy (non-hydrogen) atoms. The van der Waals surface area contributed by atoms with Gasteiger partial charge in [-0.25, -0.2) is 4.79 Å². The lowest BCUT2D eigenvalue weighted by Crippen LogP contribution is -2.45. The molecule has 1 N–H and O–H groups in total. The van der Waals surface area contributed by atoms with E-state index >= 15 is 0 Å². The molecule has 0 spiro atoms. The van der Waals surface area contributed by atoms with Gasteiger partial charge in [0.15, 0.2) is 0 Å². The molecule has 3 aromatic carbocycles. The molecule has 1 atom stereocenters. The lowest BCUT2D eigenvalue weighted by atomic mass is 9.93. The third kappa shape index (κ3) is 4.67. The van der Waals surface area contributed by atoms with Crippen molar-refractivity contribution in [1.82, 2.24) is 20.4 Å². The number of rotatable bonds is 7. The molecule has 1 aliphatic heterocycles. The number of allylic oxidation sites excluding steroid dienone is 1. The second-order valence-electron chi connectivity index (χ2n) is 9.02. The Morgan fingerprint density at radius 2 is 1.47 bits per heavy atom. The maximum Gasteiger partial charge on any atom is 0.322 e. The number of urea groups is 1. The number of aryl methyl sites for hydroxylation is 2. The van der Waals surface area contributed by atoms with Gasteiger partial charge in [0.2, 0.25) is 5.82 Å². The van der Waals surface area contributed by atoms with Crippen molar-refractivity contribution in [3.63, 3.8) is 0 Å². The number of benzene rings is 3. The second-order valence-corrected chi connectivity index (χ2v) is 9.02. The van der Waals surface area contributed by atoms with E-state index in [0.717, 1.165) is 40.8 Å². The molecule has 1 unspecified atom stereocenters. The topological polar surface area (TPSA) is 71.3 Å². The average molecular weight is 479 g/mol. The largest absolute Gasteiger partial charge is 0.334 e. The number of aromatic nitrogens is 2. The maximum atomic E-state index is 13.4. The quantitative estimate of drug-likeness (QED) is 0.327. The Balaban J connectivity index is 1.57. The molecule has 1 aromatic heterocycles. The number of nitrogens with one attached hydrogen (secondary N) is 1. The van der Waals surface area contributed by atoms with E-state index in [-0.39, 0.29) is 6.03 Å². The van der Waals surface area contributed by atoms with Crippen LogP contribution in [0.15, 0.2) is 89.1 Å². The monoisotopic (exact) mass is 478 g/mol. The highest BCUT2D eigenvalue weighted by molar-refractivity contribution is 5.86. The number of carbonyl (C=O) groups excluding carboxylic acids is 1. The van der Waals surface area contributed by atoms with Crippen molar-refractivity contribution in [2.24, 2.45) is 0 Å². The van der Waals surface area contributed by atoms with Crippen molar-refractivity contribution in [3.8, 4) is 11.4 Å². The van der Waals surface area contributed by atoms with Crippen LogP contribution in [-0.2, 0) is 19.4 Å². The molecule has 5 rings (SSSR count). The summed E-state index contributed by atoms with van der Waals surface area (Å²) in [5.74, 6) is 0.923. The Morgan fingerprint density at radius 1 is 0.861 bits per heavy atom. The standard InChI is InChI=1S/C30H30N4O2/c1-4-21-11-13-23(14-12-21)19-34-20(3)26(29-32-28(33-36-29)25-9-7-6-8-10-25)27(31-30(34)35)24-17-15-22(5-2)16-18-24/h6-18,27H,4-5,19H2,1-3H3,(H,31,35). The van der Waals surface area contributed by atoms with E-state index in [1.54, 1.807) is 4.90 Å². The van der Waals surface area contributed by atoms with Crippen molar-refractivity contribution in [3.05, 3.63) is 113 Å². The van der Waals surface area contributed by atoms with E-state index in [0.29, 0.717) is 18.3 Å². The molecule has 182 valence electrons. The lowest BCUT2D eigenvalue weighted by Gasteiger charge is -2.35. The van der Waals surface area contributed by atoms with Crippen molar-refractivity contribution < 1.29 is 9.32 Å². The fourth-order valence-corrected chi connectivity index (χ4v) is 4.54. The summed E-state index contributed by atoms with van der Waals surface area (Å²) in [6, 6.07) is 25.9. The van der Waals surface area contributed by atoms with Gasteiger partial charge in [0.1, 0.15) is 0 Å². The van der Waals surface area contributed by atoms with Crippen molar-refractivity contribution in [2.75, 3.05) is 0 Å². The number of hydrogen-bond donors (Lipinski definition) is 1. The molecule has 0 bridgehead atoms. The number of hydrogen-bond acceptors (Lipinski definition) is 4. The minimum Gasteiger partial charge on any atom is -0.334 e. The smallest absolute Gasteiger partial charge is 0.322 e. The summed E-state index contributed by atoms with van der Waals surface area (Å²) in [4.78, 5) is 19.8. The minimum atomic E-state index is -0.397. The van der Waals surface area contributed by atoms with Crippen LogP contribution in [0.1, 0.15) is 55.0 Å². The zero-order valence-electron chi connectivity index (χ0n) is 20.9.